The van der Waals surface area contributed by atoms with Crippen LogP contribution in [0.4, 0.5) is 18.9 Å². The van der Waals surface area contributed by atoms with Gasteiger partial charge in [0.2, 0.25) is 0 Å². The maximum Gasteiger partial charge on any atom is 0.416 e. The highest BCUT2D eigenvalue weighted by molar-refractivity contribution is 6.32. The van der Waals surface area contributed by atoms with Crippen LogP contribution < -0.4 is 10.9 Å². The van der Waals surface area contributed by atoms with Gasteiger partial charge in [-0.25, -0.2) is 4.68 Å². The Morgan fingerprint density at radius 1 is 1.29 bits per heavy atom. The number of alkyl halides is 3. The zero-order valence-corrected chi connectivity index (χ0v) is 11.7. The van der Waals surface area contributed by atoms with Gasteiger partial charge in [0.05, 0.1) is 17.4 Å². The maximum atomic E-state index is 12.4. The lowest BCUT2D eigenvalue weighted by Gasteiger charge is -2.10. The average molecular weight is 318 g/mol. The molecule has 1 aromatic heterocycles. The highest BCUT2D eigenvalue weighted by Gasteiger charge is 2.29. The van der Waals surface area contributed by atoms with E-state index in [9.17, 15) is 18.0 Å². The molecule has 4 nitrogen and oxygen atoms in total. The van der Waals surface area contributed by atoms with Gasteiger partial charge in [0, 0.05) is 13.6 Å². The van der Waals surface area contributed by atoms with Crippen LogP contribution in [-0.2, 0) is 19.8 Å². The fourth-order valence-electron chi connectivity index (χ4n) is 1.64. The number of halogens is 4. The Labute approximate surface area is 123 Å². The minimum atomic E-state index is -4.36. The van der Waals surface area contributed by atoms with Crippen molar-refractivity contribution >= 4 is 17.3 Å². The smallest absolute Gasteiger partial charge is 0.378 e. The van der Waals surface area contributed by atoms with Crippen LogP contribution in [0.2, 0.25) is 5.02 Å². The average Bonchev–Trinajstić information content (AvgIpc) is 2.43. The highest BCUT2D eigenvalue weighted by atomic mass is 35.5. The Balaban J connectivity index is 2.10. The second kappa shape index (κ2) is 5.77. The zero-order valence-electron chi connectivity index (χ0n) is 10.9. The molecule has 1 aromatic carbocycles. The monoisotopic (exact) mass is 317 g/mol. The van der Waals surface area contributed by atoms with Crippen LogP contribution in [0.15, 0.2) is 35.3 Å². The van der Waals surface area contributed by atoms with Crippen molar-refractivity contribution in [3.05, 3.63) is 57.0 Å². The molecule has 1 N–H and O–H groups in total. The Morgan fingerprint density at radius 3 is 2.48 bits per heavy atom. The molecule has 0 atom stereocenters. The van der Waals surface area contributed by atoms with Gasteiger partial charge in [0.25, 0.3) is 5.56 Å². The summed E-state index contributed by atoms with van der Waals surface area (Å²) in [6, 6.07) is 4.72. The number of benzene rings is 1. The van der Waals surface area contributed by atoms with Crippen molar-refractivity contribution in [2.24, 2.45) is 7.05 Å². The number of nitrogens with one attached hydrogen (secondary N) is 1. The first-order chi connectivity index (χ1) is 9.79. The molecule has 0 unspecified atom stereocenters. The van der Waals surface area contributed by atoms with Gasteiger partial charge < -0.3 is 5.32 Å². The minimum Gasteiger partial charge on any atom is -0.378 e. The molecule has 0 aliphatic rings. The van der Waals surface area contributed by atoms with E-state index in [0.717, 1.165) is 16.8 Å². The molecular weight excluding hydrogens is 307 g/mol. The summed E-state index contributed by atoms with van der Waals surface area (Å²) in [5.41, 5.74) is -0.201. The molecule has 0 bridgehead atoms. The fraction of sp³-hybridized carbons (Fsp3) is 0.231. The van der Waals surface area contributed by atoms with Crippen LogP contribution >= 0.6 is 11.6 Å². The summed E-state index contributed by atoms with van der Waals surface area (Å²) in [6.07, 6.45) is -2.97. The third kappa shape index (κ3) is 3.55. The number of aryl methyl sites for hydroxylation is 1. The maximum absolute atomic E-state index is 12.4. The predicted octanol–water partition coefficient (Wildman–Crippen LogP) is 3.06. The first-order valence-electron chi connectivity index (χ1n) is 5.91. The lowest BCUT2D eigenvalue weighted by atomic mass is 10.1. The van der Waals surface area contributed by atoms with E-state index in [1.54, 1.807) is 0 Å². The second-order valence-electron chi connectivity index (χ2n) is 4.35. The van der Waals surface area contributed by atoms with Crippen LogP contribution in [0, 0.1) is 0 Å². The second-order valence-corrected chi connectivity index (χ2v) is 4.73. The molecular formula is C13H11ClF3N3O. The molecule has 0 amide bonds. The standard InChI is InChI=1S/C13H11ClF3N3O/c1-20-12(21)11(14)10(7-19-20)18-6-8-2-4-9(5-3-8)13(15,16)17/h2-5,7,18H,6H2,1H3. The molecule has 0 saturated heterocycles. The summed E-state index contributed by atoms with van der Waals surface area (Å²) in [6.45, 7) is 0.229. The van der Waals surface area contributed by atoms with E-state index < -0.39 is 17.3 Å². The van der Waals surface area contributed by atoms with Gasteiger partial charge in [0.15, 0.2) is 0 Å². The molecule has 0 aliphatic carbocycles. The largest absolute Gasteiger partial charge is 0.416 e. The Hall–Kier alpha value is -2.02. The van der Waals surface area contributed by atoms with Gasteiger partial charge in [-0.1, -0.05) is 23.7 Å². The van der Waals surface area contributed by atoms with Crippen molar-refractivity contribution in [1.29, 1.82) is 0 Å². The van der Waals surface area contributed by atoms with E-state index in [2.05, 4.69) is 10.4 Å². The van der Waals surface area contributed by atoms with Crippen LogP contribution in [0.5, 0.6) is 0 Å². The predicted molar refractivity (Wildman–Crippen MR) is 73.3 cm³/mol. The molecule has 2 aromatic rings. The number of hydrogen-bond acceptors (Lipinski definition) is 3. The van der Waals surface area contributed by atoms with Crippen LogP contribution in [0.25, 0.3) is 0 Å². The SMILES string of the molecule is Cn1ncc(NCc2ccc(C(F)(F)F)cc2)c(Cl)c1=O. The number of anilines is 1. The number of hydrogen-bond donors (Lipinski definition) is 1. The molecule has 0 saturated carbocycles. The number of rotatable bonds is 3. The van der Waals surface area contributed by atoms with Crippen molar-refractivity contribution < 1.29 is 13.2 Å². The van der Waals surface area contributed by atoms with Crippen molar-refractivity contribution in [1.82, 2.24) is 9.78 Å². The van der Waals surface area contributed by atoms with E-state index in [1.807, 2.05) is 0 Å². The third-order valence-electron chi connectivity index (χ3n) is 2.84. The Bertz CT molecular complexity index is 695. The Morgan fingerprint density at radius 2 is 1.90 bits per heavy atom. The normalized spacial score (nSPS) is 11.5. The van der Waals surface area contributed by atoms with Crippen molar-refractivity contribution in [3.8, 4) is 0 Å². The molecule has 0 radical (unpaired) electrons. The van der Waals surface area contributed by atoms with E-state index in [0.29, 0.717) is 11.3 Å². The first kappa shape index (κ1) is 15.4. The molecule has 0 aliphatic heterocycles. The van der Waals surface area contributed by atoms with Crippen LogP contribution in [0.1, 0.15) is 11.1 Å². The molecule has 21 heavy (non-hydrogen) atoms. The van der Waals surface area contributed by atoms with Crippen LogP contribution in [-0.4, -0.2) is 9.78 Å². The number of aromatic nitrogens is 2. The lowest BCUT2D eigenvalue weighted by molar-refractivity contribution is -0.137. The molecule has 0 spiro atoms. The molecule has 112 valence electrons. The van der Waals surface area contributed by atoms with Crippen LogP contribution in [0.3, 0.4) is 0 Å². The highest BCUT2D eigenvalue weighted by Crippen LogP contribution is 2.29. The first-order valence-corrected chi connectivity index (χ1v) is 6.28. The van der Waals surface area contributed by atoms with E-state index in [-0.39, 0.29) is 11.6 Å². The van der Waals surface area contributed by atoms with Crippen molar-refractivity contribution in [2.75, 3.05) is 5.32 Å². The quantitative estimate of drug-likeness (QED) is 0.946. The van der Waals surface area contributed by atoms with Gasteiger partial charge in [-0.05, 0) is 17.7 Å². The summed E-state index contributed by atoms with van der Waals surface area (Å²) in [4.78, 5) is 11.6. The summed E-state index contributed by atoms with van der Waals surface area (Å²) < 4.78 is 38.4. The topological polar surface area (TPSA) is 46.9 Å². The van der Waals surface area contributed by atoms with Gasteiger partial charge in [-0.2, -0.15) is 18.3 Å². The van der Waals surface area contributed by atoms with E-state index in [1.165, 1.54) is 25.4 Å². The molecule has 2 rings (SSSR count). The van der Waals surface area contributed by atoms with Crippen molar-refractivity contribution in [3.63, 3.8) is 0 Å². The zero-order chi connectivity index (χ0) is 15.6. The Kier molecular flexibility index (Phi) is 4.22. The van der Waals surface area contributed by atoms with E-state index in [4.69, 9.17) is 11.6 Å². The molecule has 8 heteroatoms. The fourth-order valence-corrected chi connectivity index (χ4v) is 1.88. The molecule has 0 fully saturated rings. The van der Waals surface area contributed by atoms with Gasteiger partial charge in [-0.15, -0.1) is 0 Å². The number of nitrogens with zero attached hydrogens (tertiary/aromatic N) is 2. The van der Waals surface area contributed by atoms with Gasteiger partial charge >= 0.3 is 6.18 Å². The summed E-state index contributed by atoms with van der Waals surface area (Å²) >= 11 is 5.87. The lowest BCUT2D eigenvalue weighted by Crippen LogP contribution is -2.21. The van der Waals surface area contributed by atoms with Crippen molar-refractivity contribution in [2.45, 2.75) is 12.7 Å². The third-order valence-corrected chi connectivity index (χ3v) is 3.21. The summed E-state index contributed by atoms with van der Waals surface area (Å²) in [5.74, 6) is 0. The summed E-state index contributed by atoms with van der Waals surface area (Å²) in [5, 5.41) is 6.66. The van der Waals surface area contributed by atoms with Gasteiger partial charge in [0.1, 0.15) is 5.02 Å². The van der Waals surface area contributed by atoms with Gasteiger partial charge in [-0.3, -0.25) is 4.79 Å². The summed E-state index contributed by atoms with van der Waals surface area (Å²) in [7, 11) is 1.47. The van der Waals surface area contributed by atoms with E-state index >= 15 is 0 Å². The molecule has 1 heterocycles. The minimum absolute atomic E-state index is 0.0144.